The normalized spacial score (nSPS) is 24.2. The summed E-state index contributed by atoms with van der Waals surface area (Å²) in [6.07, 6.45) is 5.62. The van der Waals surface area contributed by atoms with Gasteiger partial charge in [0, 0.05) is 123 Å². The molecule has 0 radical (unpaired) electrons. The maximum Gasteiger partial charge on any atom is 0.410 e. The SMILES string of the molecule is CC(C)(C)OC(=O)N1CCC2(CCN(c3ccc(N)cc3)C2)C1.CC(C)(C)OC(=O)N1CCC2(CCN(c3ccc(N)cc3F)C2)C1.Cc1cc(N2CCC3(CCN(C(=O)OC(C)(C)C)C3)C2)ccc1N. The lowest BCUT2D eigenvalue weighted by Crippen LogP contribution is -2.37. The zero-order valence-electron chi connectivity index (χ0n) is 44.2. The number of carbonyl (C=O) groups excluding carboxylic acids is 3. The van der Waals surface area contributed by atoms with Crippen LogP contribution in [0.2, 0.25) is 0 Å². The molecule has 6 N–H and O–H groups in total. The van der Waals surface area contributed by atoms with Crippen molar-refractivity contribution in [2.75, 3.05) is 110 Å². The topological polar surface area (TPSA) is 176 Å². The van der Waals surface area contributed by atoms with E-state index in [2.05, 4.69) is 39.0 Å². The van der Waals surface area contributed by atoms with Gasteiger partial charge < -0.3 is 60.8 Å². The van der Waals surface area contributed by atoms with Crippen LogP contribution in [0.15, 0.2) is 60.7 Å². The van der Waals surface area contributed by atoms with Gasteiger partial charge in [0.2, 0.25) is 0 Å². The van der Waals surface area contributed by atoms with E-state index in [1.165, 1.54) is 17.4 Å². The van der Waals surface area contributed by atoms with Crippen molar-refractivity contribution in [3.05, 3.63) is 72.0 Å². The van der Waals surface area contributed by atoms with E-state index in [1.807, 2.05) is 97.2 Å². The number of rotatable bonds is 3. The minimum absolute atomic E-state index is 0.0325. The lowest BCUT2D eigenvalue weighted by molar-refractivity contribution is 0.0266. The summed E-state index contributed by atoms with van der Waals surface area (Å²) >= 11 is 0. The van der Waals surface area contributed by atoms with Crippen molar-refractivity contribution in [3.8, 4) is 0 Å². The van der Waals surface area contributed by atoms with Crippen molar-refractivity contribution in [3.63, 3.8) is 0 Å². The number of ether oxygens (including phenoxy) is 3. The molecule has 16 heteroatoms. The molecule has 0 aliphatic carbocycles. The summed E-state index contributed by atoms with van der Waals surface area (Å²) in [5, 5.41) is 0. The Bertz CT molecular complexity index is 2380. The van der Waals surface area contributed by atoms with Crippen LogP contribution in [0.3, 0.4) is 0 Å². The van der Waals surface area contributed by atoms with E-state index in [-0.39, 0.29) is 40.3 Å². The van der Waals surface area contributed by atoms with Crippen molar-refractivity contribution in [2.45, 2.75) is 125 Å². The summed E-state index contributed by atoms with van der Waals surface area (Å²) in [5.41, 5.74) is 22.6. The number of amides is 3. The number of benzene rings is 3. The second-order valence-corrected chi connectivity index (χ2v) is 24.3. The fourth-order valence-corrected chi connectivity index (χ4v) is 11.0. The highest BCUT2D eigenvalue weighted by Crippen LogP contribution is 2.44. The number of carbonyl (C=O) groups is 3. The molecule has 9 rings (SSSR count). The number of halogens is 1. The van der Waals surface area contributed by atoms with Crippen LogP contribution < -0.4 is 31.9 Å². The smallest absolute Gasteiger partial charge is 0.410 e. The molecule has 390 valence electrons. The molecular formula is C55H82FN9O6. The van der Waals surface area contributed by atoms with Crippen LogP contribution in [0.4, 0.5) is 52.9 Å². The highest BCUT2D eigenvalue weighted by Gasteiger charge is 2.48. The molecule has 0 saturated carbocycles. The van der Waals surface area contributed by atoms with Crippen LogP contribution in [0.25, 0.3) is 0 Å². The number of nitrogens with zero attached hydrogens (tertiary/aromatic N) is 6. The number of hydrogen-bond donors (Lipinski definition) is 3. The Morgan fingerprint density at radius 3 is 1.25 bits per heavy atom. The van der Waals surface area contributed by atoms with Gasteiger partial charge in [-0.2, -0.15) is 0 Å². The molecule has 71 heavy (non-hydrogen) atoms. The van der Waals surface area contributed by atoms with Gasteiger partial charge in [-0.1, -0.05) is 0 Å². The molecule has 3 amide bonds. The molecule has 0 bridgehead atoms. The van der Waals surface area contributed by atoms with Crippen LogP contribution in [0.1, 0.15) is 106 Å². The molecule has 0 aromatic heterocycles. The third-order valence-corrected chi connectivity index (χ3v) is 14.8. The number of nitrogens with two attached hydrogens (primary N) is 3. The minimum atomic E-state index is -0.484. The van der Waals surface area contributed by atoms with E-state index < -0.39 is 16.8 Å². The number of nitrogen functional groups attached to an aromatic ring is 3. The van der Waals surface area contributed by atoms with Crippen LogP contribution in [0.5, 0.6) is 0 Å². The predicted octanol–water partition coefficient (Wildman–Crippen LogP) is 9.77. The van der Waals surface area contributed by atoms with Gasteiger partial charge in [0.25, 0.3) is 0 Å². The second-order valence-electron chi connectivity index (χ2n) is 24.3. The van der Waals surface area contributed by atoms with E-state index >= 15 is 0 Å². The van der Waals surface area contributed by atoms with Gasteiger partial charge in [0.1, 0.15) is 22.6 Å². The first-order valence-electron chi connectivity index (χ1n) is 25.6. The average Bonchev–Trinajstić information content (AvgIpc) is 4.15. The van der Waals surface area contributed by atoms with E-state index in [0.29, 0.717) is 24.5 Å². The molecule has 3 aromatic carbocycles. The third-order valence-electron chi connectivity index (χ3n) is 14.8. The zero-order valence-corrected chi connectivity index (χ0v) is 44.2. The number of anilines is 6. The fraction of sp³-hybridized carbons (Fsp3) is 0.618. The number of likely N-dealkylation sites (tertiary alicyclic amines) is 3. The molecule has 15 nitrogen and oxygen atoms in total. The number of aryl methyl sites for hydroxylation is 1. The Balaban J connectivity index is 0.000000157. The predicted molar refractivity (Wildman–Crippen MR) is 282 cm³/mol. The standard InChI is InChI=1S/C19H29N3O2.C18H26FN3O2.C18H27N3O2/c1-14-11-15(5-6-16(14)20)21-9-7-19(12-21)8-10-22(13-19)17(23)24-18(2,3)4;1-17(2,3)24-16(23)22-9-7-18(12-22)6-8-21(11-18)15-5-4-13(20)10-14(15)19;1-17(2,3)23-16(22)21-11-9-18(13-21)8-10-20(12-18)15-6-4-14(19)5-7-15/h5-6,11H,7-10,12-13,20H2,1-4H3;4-5,10H,6-9,11-12,20H2,1-3H3;4-7H,8-13,19H2,1-3H3. The quantitative estimate of drug-likeness (QED) is 0.168. The fourth-order valence-electron chi connectivity index (χ4n) is 11.0. The van der Waals surface area contributed by atoms with Gasteiger partial charge in [-0.25, -0.2) is 18.8 Å². The molecule has 3 aromatic rings. The largest absolute Gasteiger partial charge is 0.444 e. The molecule has 3 unspecified atom stereocenters. The average molecular weight is 984 g/mol. The summed E-state index contributed by atoms with van der Waals surface area (Å²) in [6.45, 7) is 29.3. The van der Waals surface area contributed by atoms with Crippen molar-refractivity contribution < 1.29 is 33.0 Å². The Kier molecular flexibility index (Phi) is 15.2. The summed E-state index contributed by atoms with van der Waals surface area (Å²) in [4.78, 5) is 49.3. The van der Waals surface area contributed by atoms with E-state index in [0.717, 1.165) is 121 Å². The molecule has 6 fully saturated rings. The van der Waals surface area contributed by atoms with Crippen LogP contribution in [0, 0.1) is 29.0 Å². The van der Waals surface area contributed by atoms with Crippen LogP contribution in [-0.2, 0) is 14.2 Å². The van der Waals surface area contributed by atoms with Gasteiger partial charge in [-0.05, 0) is 174 Å². The lowest BCUT2D eigenvalue weighted by Gasteiger charge is -2.27. The molecule has 6 saturated heterocycles. The lowest BCUT2D eigenvalue weighted by atomic mass is 9.86. The monoisotopic (exact) mass is 984 g/mol. The van der Waals surface area contributed by atoms with Gasteiger partial charge >= 0.3 is 18.3 Å². The van der Waals surface area contributed by atoms with Gasteiger partial charge in [-0.3, -0.25) is 0 Å². The van der Waals surface area contributed by atoms with Gasteiger partial charge in [-0.15, -0.1) is 0 Å². The summed E-state index contributed by atoms with van der Waals surface area (Å²) in [5.74, 6) is -0.283. The first-order valence-corrected chi connectivity index (χ1v) is 25.6. The molecule has 6 aliphatic heterocycles. The molecule has 3 atom stereocenters. The Morgan fingerprint density at radius 2 is 0.845 bits per heavy atom. The summed E-state index contributed by atoms with van der Waals surface area (Å²) in [7, 11) is 0. The Hall–Kier alpha value is -5.80. The number of hydrogen-bond acceptors (Lipinski definition) is 12. The van der Waals surface area contributed by atoms with E-state index in [1.54, 1.807) is 17.0 Å². The molecule has 6 heterocycles. The Morgan fingerprint density at radius 1 is 0.479 bits per heavy atom. The van der Waals surface area contributed by atoms with Gasteiger partial charge in [0.05, 0.1) is 5.69 Å². The third kappa shape index (κ3) is 13.6. The summed E-state index contributed by atoms with van der Waals surface area (Å²) < 4.78 is 30.7. The van der Waals surface area contributed by atoms with Crippen molar-refractivity contribution >= 4 is 52.4 Å². The molecular weight excluding hydrogens is 902 g/mol. The van der Waals surface area contributed by atoms with Crippen LogP contribution in [-0.4, -0.2) is 128 Å². The first-order chi connectivity index (χ1) is 33.1. The maximum atomic E-state index is 14.2. The van der Waals surface area contributed by atoms with Crippen molar-refractivity contribution in [2.24, 2.45) is 16.2 Å². The highest BCUT2D eigenvalue weighted by molar-refractivity contribution is 5.70. The first kappa shape index (κ1) is 53.0. The van der Waals surface area contributed by atoms with Gasteiger partial charge in [0.15, 0.2) is 0 Å². The molecule has 3 spiro atoms. The minimum Gasteiger partial charge on any atom is -0.444 e. The second kappa shape index (κ2) is 20.4. The van der Waals surface area contributed by atoms with Crippen LogP contribution >= 0.6 is 0 Å². The Labute approximate surface area is 422 Å². The zero-order chi connectivity index (χ0) is 51.7. The van der Waals surface area contributed by atoms with Crippen molar-refractivity contribution in [1.29, 1.82) is 0 Å². The highest BCUT2D eigenvalue weighted by atomic mass is 19.1. The molecule has 6 aliphatic rings. The maximum absolute atomic E-state index is 14.2. The van der Waals surface area contributed by atoms with E-state index in [9.17, 15) is 18.8 Å². The van der Waals surface area contributed by atoms with E-state index in [4.69, 9.17) is 31.4 Å². The summed E-state index contributed by atoms with van der Waals surface area (Å²) in [6, 6.07) is 19.1. The van der Waals surface area contributed by atoms with Crippen molar-refractivity contribution in [1.82, 2.24) is 14.7 Å².